The third-order valence-electron chi connectivity index (χ3n) is 3.56. The van der Waals surface area contributed by atoms with Gasteiger partial charge in [0.25, 0.3) is 0 Å². The number of nitrogens with zero attached hydrogens (tertiary/aromatic N) is 2. The van der Waals surface area contributed by atoms with Crippen molar-refractivity contribution in [2.75, 3.05) is 11.1 Å². The number of anilines is 1. The van der Waals surface area contributed by atoms with Crippen LogP contribution in [0.5, 0.6) is 0 Å². The van der Waals surface area contributed by atoms with Crippen molar-refractivity contribution in [1.82, 2.24) is 9.97 Å². The number of benzene rings is 1. The number of aryl methyl sites for hydroxylation is 3. The Labute approximate surface area is 153 Å². The minimum Gasteiger partial charge on any atom is -0.325 e. The quantitative estimate of drug-likeness (QED) is 0.513. The van der Waals surface area contributed by atoms with Crippen LogP contribution in [0.15, 0.2) is 29.3 Å². The molecule has 0 unspecified atom stereocenters. The van der Waals surface area contributed by atoms with E-state index in [0.717, 1.165) is 21.1 Å². The zero-order chi connectivity index (χ0) is 17.3. The van der Waals surface area contributed by atoms with Gasteiger partial charge in [-0.05, 0) is 44.5 Å². The van der Waals surface area contributed by atoms with Crippen molar-refractivity contribution in [2.24, 2.45) is 0 Å². The fraction of sp³-hybridized carbons (Fsp3) is 0.235. The summed E-state index contributed by atoms with van der Waals surface area (Å²) >= 11 is 9.03. The average molecular weight is 378 g/mol. The van der Waals surface area contributed by atoms with E-state index in [9.17, 15) is 4.79 Å². The zero-order valence-electron chi connectivity index (χ0n) is 13.5. The highest BCUT2D eigenvalue weighted by Crippen LogP contribution is 2.35. The Morgan fingerprint density at radius 3 is 2.83 bits per heavy atom. The molecule has 0 radical (unpaired) electrons. The van der Waals surface area contributed by atoms with Crippen LogP contribution in [0.3, 0.4) is 0 Å². The summed E-state index contributed by atoms with van der Waals surface area (Å²) in [5.41, 5.74) is 1.88. The Balaban J connectivity index is 1.77. The van der Waals surface area contributed by atoms with Crippen molar-refractivity contribution in [2.45, 2.75) is 25.8 Å². The molecule has 0 saturated heterocycles. The van der Waals surface area contributed by atoms with Crippen LogP contribution in [-0.2, 0) is 4.79 Å². The average Bonchev–Trinajstić information content (AvgIpc) is 2.79. The molecule has 1 aromatic carbocycles. The Hall–Kier alpha value is -1.63. The van der Waals surface area contributed by atoms with Gasteiger partial charge in [0.2, 0.25) is 5.91 Å². The topological polar surface area (TPSA) is 54.9 Å². The van der Waals surface area contributed by atoms with Gasteiger partial charge in [-0.15, -0.1) is 11.3 Å². The number of fused-ring (bicyclic) bond motifs is 1. The molecule has 3 rings (SSSR count). The maximum absolute atomic E-state index is 12.2. The number of aromatic nitrogens is 2. The summed E-state index contributed by atoms with van der Waals surface area (Å²) in [5, 5.41) is 5.37. The molecule has 0 aliphatic carbocycles. The van der Waals surface area contributed by atoms with Crippen LogP contribution < -0.4 is 5.32 Å². The van der Waals surface area contributed by atoms with Crippen molar-refractivity contribution in [3.05, 3.63) is 45.6 Å². The molecule has 4 nitrogen and oxygen atoms in total. The fourth-order valence-corrected chi connectivity index (χ4v) is 4.58. The second-order valence-corrected chi connectivity index (χ2v) is 7.99. The van der Waals surface area contributed by atoms with Gasteiger partial charge in [0.1, 0.15) is 15.7 Å². The van der Waals surface area contributed by atoms with Crippen molar-refractivity contribution in [3.63, 3.8) is 0 Å². The van der Waals surface area contributed by atoms with Crippen LogP contribution in [0.4, 0.5) is 5.69 Å². The molecule has 0 spiro atoms. The summed E-state index contributed by atoms with van der Waals surface area (Å²) < 4.78 is 0. The highest BCUT2D eigenvalue weighted by atomic mass is 35.5. The van der Waals surface area contributed by atoms with Gasteiger partial charge in [-0.2, -0.15) is 0 Å². The molecule has 0 atom stereocenters. The Morgan fingerprint density at radius 2 is 2.08 bits per heavy atom. The second-order valence-electron chi connectivity index (χ2n) is 5.39. The molecule has 3 aromatic rings. The van der Waals surface area contributed by atoms with Crippen molar-refractivity contribution >= 4 is 56.5 Å². The van der Waals surface area contributed by atoms with Crippen LogP contribution in [0, 0.1) is 20.8 Å². The number of thiophene rings is 1. The molecule has 0 saturated carbocycles. The normalized spacial score (nSPS) is 11.0. The first kappa shape index (κ1) is 17.2. The van der Waals surface area contributed by atoms with Gasteiger partial charge in [-0.25, -0.2) is 9.97 Å². The van der Waals surface area contributed by atoms with E-state index in [1.165, 1.54) is 22.2 Å². The van der Waals surface area contributed by atoms with Crippen LogP contribution in [0.2, 0.25) is 5.02 Å². The molecule has 2 aromatic heterocycles. The number of carbonyl (C=O) groups is 1. The lowest BCUT2D eigenvalue weighted by Gasteiger charge is -2.07. The smallest absolute Gasteiger partial charge is 0.234 e. The molecule has 0 aliphatic rings. The number of thioether (sulfide) groups is 1. The van der Waals surface area contributed by atoms with E-state index in [2.05, 4.69) is 29.1 Å². The summed E-state index contributed by atoms with van der Waals surface area (Å²) in [6.07, 6.45) is 0. The SMILES string of the molecule is Cc1nc(SCC(=O)Nc2cccc(Cl)c2)c2c(C)c(C)sc2n1. The Morgan fingerprint density at radius 1 is 1.29 bits per heavy atom. The molecule has 2 heterocycles. The second kappa shape index (κ2) is 7.09. The van der Waals surface area contributed by atoms with E-state index >= 15 is 0 Å². The number of hydrogen-bond donors (Lipinski definition) is 1. The molecule has 0 fully saturated rings. The van der Waals surface area contributed by atoms with Crippen molar-refractivity contribution < 1.29 is 4.79 Å². The number of carbonyl (C=O) groups excluding carboxylic acids is 1. The van der Waals surface area contributed by atoms with Crippen LogP contribution >= 0.6 is 34.7 Å². The van der Waals surface area contributed by atoms with Gasteiger partial charge in [0.05, 0.1) is 5.75 Å². The molecular weight excluding hydrogens is 362 g/mol. The highest BCUT2D eigenvalue weighted by molar-refractivity contribution is 8.00. The summed E-state index contributed by atoms with van der Waals surface area (Å²) in [7, 11) is 0. The third kappa shape index (κ3) is 3.71. The molecular formula is C17H16ClN3OS2. The lowest BCUT2D eigenvalue weighted by Crippen LogP contribution is -2.14. The van der Waals surface area contributed by atoms with Gasteiger partial charge in [0, 0.05) is 21.0 Å². The number of nitrogens with one attached hydrogen (secondary N) is 1. The summed E-state index contributed by atoms with van der Waals surface area (Å²) in [4.78, 5) is 23.4. The predicted octanol–water partition coefficient (Wildman–Crippen LogP) is 5.00. The Kier molecular flexibility index (Phi) is 5.08. The van der Waals surface area contributed by atoms with Gasteiger partial charge in [-0.1, -0.05) is 29.4 Å². The van der Waals surface area contributed by atoms with Gasteiger partial charge < -0.3 is 5.32 Å². The van der Waals surface area contributed by atoms with E-state index in [1.54, 1.807) is 29.5 Å². The molecule has 1 amide bonds. The fourth-order valence-electron chi connectivity index (χ4n) is 2.32. The monoisotopic (exact) mass is 377 g/mol. The van der Waals surface area contributed by atoms with E-state index in [1.807, 2.05) is 13.0 Å². The molecule has 124 valence electrons. The van der Waals surface area contributed by atoms with Crippen LogP contribution in [0.25, 0.3) is 10.2 Å². The minimum atomic E-state index is -0.0868. The predicted molar refractivity (Wildman–Crippen MR) is 102 cm³/mol. The molecule has 7 heteroatoms. The van der Waals surface area contributed by atoms with Crippen LogP contribution in [0.1, 0.15) is 16.3 Å². The standard InChI is InChI=1S/C17H16ClN3OS2/c1-9-10(2)24-17-15(9)16(19-11(3)20-17)23-8-14(22)21-13-6-4-5-12(18)7-13/h4-7H,8H2,1-3H3,(H,21,22). The number of amides is 1. The molecule has 1 N–H and O–H groups in total. The maximum Gasteiger partial charge on any atom is 0.234 e. The van der Waals surface area contributed by atoms with E-state index in [4.69, 9.17) is 11.6 Å². The van der Waals surface area contributed by atoms with Crippen molar-refractivity contribution in [1.29, 1.82) is 0 Å². The third-order valence-corrected chi connectivity index (χ3v) is 5.87. The minimum absolute atomic E-state index is 0.0868. The van der Waals surface area contributed by atoms with Gasteiger partial charge >= 0.3 is 0 Å². The molecule has 0 aliphatic heterocycles. The largest absolute Gasteiger partial charge is 0.325 e. The van der Waals surface area contributed by atoms with E-state index in [0.29, 0.717) is 10.7 Å². The summed E-state index contributed by atoms with van der Waals surface area (Å²) in [6, 6.07) is 7.12. The van der Waals surface area contributed by atoms with Crippen molar-refractivity contribution in [3.8, 4) is 0 Å². The lowest BCUT2D eigenvalue weighted by molar-refractivity contribution is -0.113. The Bertz CT molecular complexity index is 924. The van der Waals surface area contributed by atoms with Gasteiger partial charge in [-0.3, -0.25) is 4.79 Å². The number of halogens is 1. The van der Waals surface area contributed by atoms with Gasteiger partial charge in [0.15, 0.2) is 0 Å². The summed E-state index contributed by atoms with van der Waals surface area (Å²) in [5.74, 6) is 0.921. The zero-order valence-corrected chi connectivity index (χ0v) is 15.9. The highest BCUT2D eigenvalue weighted by Gasteiger charge is 2.15. The molecule has 24 heavy (non-hydrogen) atoms. The number of rotatable bonds is 4. The maximum atomic E-state index is 12.2. The van der Waals surface area contributed by atoms with Crippen LogP contribution in [-0.4, -0.2) is 21.6 Å². The number of hydrogen-bond acceptors (Lipinski definition) is 5. The van der Waals surface area contributed by atoms with E-state index in [-0.39, 0.29) is 11.7 Å². The first-order chi connectivity index (χ1) is 11.4. The summed E-state index contributed by atoms with van der Waals surface area (Å²) in [6.45, 7) is 6.03. The molecule has 0 bridgehead atoms. The first-order valence-electron chi connectivity index (χ1n) is 7.36. The van der Waals surface area contributed by atoms with E-state index < -0.39 is 0 Å². The first-order valence-corrected chi connectivity index (χ1v) is 9.54. The lowest BCUT2D eigenvalue weighted by atomic mass is 10.2.